The molecule has 5 heteroatoms. The van der Waals surface area contributed by atoms with E-state index in [2.05, 4.69) is 11.4 Å². The highest BCUT2D eigenvalue weighted by molar-refractivity contribution is 5.69. The highest BCUT2D eigenvalue weighted by atomic mass is 16.6. The molecule has 2 aliphatic heterocycles. The van der Waals surface area contributed by atoms with Crippen molar-refractivity contribution in [3.05, 3.63) is 0 Å². The summed E-state index contributed by atoms with van der Waals surface area (Å²) in [5.74, 6) is 0.0702. The predicted molar refractivity (Wildman–Crippen MR) is 66.9 cm³/mol. The first kappa shape index (κ1) is 13.2. The Morgan fingerprint density at radius 1 is 1.33 bits per heavy atom. The molecule has 2 bridgehead atoms. The Hall–Kier alpha value is -1.28. The van der Waals surface area contributed by atoms with Gasteiger partial charge in [0.15, 0.2) is 0 Å². The lowest BCUT2D eigenvalue weighted by Gasteiger charge is -2.47. The number of piperazine rings is 1. The van der Waals surface area contributed by atoms with Gasteiger partial charge in [-0.05, 0) is 33.6 Å². The van der Waals surface area contributed by atoms with E-state index in [-0.39, 0.29) is 24.1 Å². The SMILES string of the molecule is CC(C)(C)OC(=O)N1C2CNCC1CC(C#N)C2. The molecule has 2 heterocycles. The number of piperidine rings is 1. The number of carbonyl (C=O) groups excluding carboxylic acids is 1. The smallest absolute Gasteiger partial charge is 0.410 e. The predicted octanol–water partition coefficient (Wildman–Crippen LogP) is 1.50. The Morgan fingerprint density at radius 2 is 1.89 bits per heavy atom. The Kier molecular flexibility index (Phi) is 3.49. The maximum absolute atomic E-state index is 12.2. The van der Waals surface area contributed by atoms with E-state index in [1.54, 1.807) is 0 Å². The number of amides is 1. The summed E-state index contributed by atoms with van der Waals surface area (Å²) in [4.78, 5) is 14.1. The van der Waals surface area contributed by atoms with Gasteiger partial charge in [-0.3, -0.25) is 4.90 Å². The molecule has 0 aromatic heterocycles. The number of nitriles is 1. The van der Waals surface area contributed by atoms with E-state index < -0.39 is 5.60 Å². The van der Waals surface area contributed by atoms with Crippen molar-refractivity contribution >= 4 is 6.09 Å². The van der Waals surface area contributed by atoms with Gasteiger partial charge < -0.3 is 10.1 Å². The molecular formula is C13H21N3O2. The summed E-state index contributed by atoms with van der Waals surface area (Å²) in [5, 5.41) is 12.4. The Bertz CT molecular complexity index is 355. The molecule has 0 aromatic rings. The molecule has 0 radical (unpaired) electrons. The van der Waals surface area contributed by atoms with Gasteiger partial charge in [0.05, 0.1) is 12.0 Å². The van der Waals surface area contributed by atoms with Crippen molar-refractivity contribution in [3.8, 4) is 6.07 Å². The minimum atomic E-state index is -0.467. The summed E-state index contributed by atoms with van der Waals surface area (Å²) in [5.41, 5.74) is -0.467. The molecule has 2 fully saturated rings. The summed E-state index contributed by atoms with van der Waals surface area (Å²) >= 11 is 0. The number of nitrogens with one attached hydrogen (secondary N) is 1. The summed E-state index contributed by atoms with van der Waals surface area (Å²) < 4.78 is 5.46. The molecular weight excluding hydrogens is 230 g/mol. The van der Waals surface area contributed by atoms with Crippen LogP contribution in [0.15, 0.2) is 0 Å². The largest absolute Gasteiger partial charge is 0.444 e. The summed E-state index contributed by atoms with van der Waals surface area (Å²) in [7, 11) is 0. The normalized spacial score (nSPS) is 31.7. The van der Waals surface area contributed by atoms with E-state index in [4.69, 9.17) is 10.00 Å². The molecule has 100 valence electrons. The number of nitrogens with zero attached hydrogens (tertiary/aromatic N) is 2. The van der Waals surface area contributed by atoms with Crippen LogP contribution in [-0.2, 0) is 4.74 Å². The summed E-state index contributed by atoms with van der Waals surface area (Å²) in [6.07, 6.45) is 1.26. The van der Waals surface area contributed by atoms with Crippen molar-refractivity contribution in [2.24, 2.45) is 5.92 Å². The third kappa shape index (κ3) is 2.75. The van der Waals surface area contributed by atoms with Crippen LogP contribution in [0.3, 0.4) is 0 Å². The molecule has 2 aliphatic rings. The van der Waals surface area contributed by atoms with Crippen LogP contribution in [0.4, 0.5) is 4.79 Å². The second-order valence-corrected chi connectivity index (χ2v) is 6.15. The summed E-state index contributed by atoms with van der Waals surface area (Å²) in [6.45, 7) is 7.14. The second kappa shape index (κ2) is 4.77. The first-order chi connectivity index (χ1) is 8.40. The molecule has 0 aromatic carbocycles. The minimum absolute atomic E-state index is 0.0702. The monoisotopic (exact) mass is 251 g/mol. The van der Waals surface area contributed by atoms with Crippen LogP contribution in [0.5, 0.6) is 0 Å². The maximum Gasteiger partial charge on any atom is 0.410 e. The molecule has 1 amide bonds. The number of hydrogen-bond acceptors (Lipinski definition) is 4. The lowest BCUT2D eigenvalue weighted by atomic mass is 9.85. The van der Waals surface area contributed by atoms with Crippen LogP contribution in [0, 0.1) is 17.2 Å². The van der Waals surface area contributed by atoms with E-state index in [1.807, 2.05) is 25.7 Å². The number of carbonyl (C=O) groups is 1. The van der Waals surface area contributed by atoms with Crippen molar-refractivity contribution in [1.29, 1.82) is 5.26 Å². The lowest BCUT2D eigenvalue weighted by molar-refractivity contribution is -0.0185. The first-order valence-corrected chi connectivity index (χ1v) is 6.52. The van der Waals surface area contributed by atoms with E-state index >= 15 is 0 Å². The molecule has 0 spiro atoms. The zero-order chi connectivity index (χ0) is 13.3. The van der Waals surface area contributed by atoms with E-state index in [1.165, 1.54) is 0 Å². The van der Waals surface area contributed by atoms with Gasteiger partial charge in [0.25, 0.3) is 0 Å². The van der Waals surface area contributed by atoms with E-state index in [0.717, 1.165) is 25.9 Å². The number of ether oxygens (including phenoxy) is 1. The van der Waals surface area contributed by atoms with Crippen LogP contribution < -0.4 is 5.32 Å². The minimum Gasteiger partial charge on any atom is -0.444 e. The van der Waals surface area contributed by atoms with Crippen molar-refractivity contribution in [3.63, 3.8) is 0 Å². The van der Waals surface area contributed by atoms with Crippen LogP contribution in [0.1, 0.15) is 33.6 Å². The second-order valence-electron chi connectivity index (χ2n) is 6.15. The van der Waals surface area contributed by atoms with Crippen LogP contribution in [-0.4, -0.2) is 41.8 Å². The molecule has 1 N–H and O–H groups in total. The summed E-state index contributed by atoms with van der Waals surface area (Å²) in [6, 6.07) is 2.52. The molecule has 0 aliphatic carbocycles. The third-order valence-corrected chi connectivity index (χ3v) is 3.45. The van der Waals surface area contributed by atoms with Crippen molar-refractivity contribution in [1.82, 2.24) is 10.2 Å². The topological polar surface area (TPSA) is 65.4 Å². The van der Waals surface area contributed by atoms with Gasteiger partial charge in [-0.2, -0.15) is 5.26 Å². The Morgan fingerprint density at radius 3 is 2.33 bits per heavy atom. The zero-order valence-electron chi connectivity index (χ0n) is 11.3. The highest BCUT2D eigenvalue weighted by Gasteiger charge is 2.42. The number of rotatable bonds is 0. The van der Waals surface area contributed by atoms with Crippen molar-refractivity contribution in [2.45, 2.75) is 51.3 Å². The molecule has 2 rings (SSSR count). The van der Waals surface area contributed by atoms with Gasteiger partial charge in [-0.1, -0.05) is 0 Å². The van der Waals surface area contributed by atoms with Crippen LogP contribution in [0.2, 0.25) is 0 Å². The van der Waals surface area contributed by atoms with Gasteiger partial charge in [-0.15, -0.1) is 0 Å². The molecule has 18 heavy (non-hydrogen) atoms. The average Bonchev–Trinajstić information content (AvgIpc) is 2.24. The van der Waals surface area contributed by atoms with Crippen LogP contribution in [0.25, 0.3) is 0 Å². The van der Waals surface area contributed by atoms with Gasteiger partial charge in [0.1, 0.15) is 5.60 Å². The first-order valence-electron chi connectivity index (χ1n) is 6.52. The van der Waals surface area contributed by atoms with Gasteiger partial charge in [-0.25, -0.2) is 4.79 Å². The molecule has 2 atom stereocenters. The Balaban J connectivity index is 2.09. The fraction of sp³-hybridized carbons (Fsp3) is 0.846. The number of fused-ring (bicyclic) bond motifs is 2. The van der Waals surface area contributed by atoms with Gasteiger partial charge in [0.2, 0.25) is 0 Å². The average molecular weight is 251 g/mol. The molecule has 2 saturated heterocycles. The lowest BCUT2D eigenvalue weighted by Crippen LogP contribution is -2.63. The number of hydrogen-bond donors (Lipinski definition) is 1. The van der Waals surface area contributed by atoms with Crippen molar-refractivity contribution < 1.29 is 9.53 Å². The fourth-order valence-electron chi connectivity index (χ4n) is 2.78. The highest BCUT2D eigenvalue weighted by Crippen LogP contribution is 2.30. The quantitative estimate of drug-likeness (QED) is 0.708. The molecule has 2 unspecified atom stereocenters. The third-order valence-electron chi connectivity index (χ3n) is 3.45. The zero-order valence-corrected chi connectivity index (χ0v) is 11.3. The van der Waals surface area contributed by atoms with E-state index in [0.29, 0.717) is 0 Å². The van der Waals surface area contributed by atoms with Gasteiger partial charge in [0, 0.05) is 25.2 Å². The standard InChI is InChI=1S/C13H21N3O2/c1-13(2,3)18-12(17)16-10-4-9(6-14)5-11(16)8-15-7-10/h9-11,15H,4-5,7-8H2,1-3H3. The van der Waals surface area contributed by atoms with Crippen LogP contribution >= 0.6 is 0 Å². The van der Waals surface area contributed by atoms with Gasteiger partial charge >= 0.3 is 6.09 Å². The fourth-order valence-corrected chi connectivity index (χ4v) is 2.78. The Labute approximate surface area is 108 Å². The van der Waals surface area contributed by atoms with Crippen molar-refractivity contribution in [2.75, 3.05) is 13.1 Å². The maximum atomic E-state index is 12.2. The molecule has 0 saturated carbocycles. The molecule has 5 nitrogen and oxygen atoms in total. The van der Waals surface area contributed by atoms with E-state index in [9.17, 15) is 4.79 Å².